The van der Waals surface area contributed by atoms with E-state index in [1.54, 1.807) is 24.3 Å². The minimum atomic E-state index is -1.30. The highest BCUT2D eigenvalue weighted by Crippen LogP contribution is 2.20. The van der Waals surface area contributed by atoms with Crippen LogP contribution in [0.1, 0.15) is 27.6 Å². The van der Waals surface area contributed by atoms with Crippen LogP contribution in [-0.2, 0) is 4.79 Å². The fourth-order valence-electron chi connectivity index (χ4n) is 1.99. The largest absolute Gasteiger partial charge is 0.481 e. The van der Waals surface area contributed by atoms with Crippen molar-refractivity contribution >= 4 is 35.1 Å². The number of carboxylic acids is 2. The smallest absolute Gasteiger partial charge is 0.335 e. The van der Waals surface area contributed by atoms with Crippen LogP contribution in [0.25, 0.3) is 0 Å². The zero-order chi connectivity index (χ0) is 18.6. The van der Waals surface area contributed by atoms with Crippen LogP contribution in [0.2, 0.25) is 5.02 Å². The molecule has 0 fully saturated rings. The molecule has 0 radical (unpaired) electrons. The second-order valence-electron chi connectivity index (χ2n) is 5.12. The summed E-state index contributed by atoms with van der Waals surface area (Å²) in [5.74, 6) is -2.79. The van der Waals surface area contributed by atoms with Gasteiger partial charge in [-0.25, -0.2) is 9.59 Å². The summed E-state index contributed by atoms with van der Waals surface area (Å²) >= 11 is 5.84. The van der Waals surface area contributed by atoms with Crippen LogP contribution in [0.4, 0.5) is 5.69 Å². The van der Waals surface area contributed by atoms with Crippen molar-refractivity contribution in [3.8, 4) is 5.75 Å². The van der Waals surface area contributed by atoms with Gasteiger partial charge < -0.3 is 20.3 Å². The van der Waals surface area contributed by atoms with Crippen LogP contribution >= 0.6 is 11.6 Å². The van der Waals surface area contributed by atoms with Gasteiger partial charge in [0, 0.05) is 10.7 Å². The number of carbonyl (C=O) groups is 3. The van der Waals surface area contributed by atoms with Crippen molar-refractivity contribution in [2.24, 2.45) is 0 Å². The molecular weight excluding hydrogens is 350 g/mol. The molecule has 1 unspecified atom stereocenters. The zero-order valence-electron chi connectivity index (χ0n) is 13.0. The van der Waals surface area contributed by atoms with E-state index in [4.69, 9.17) is 26.6 Å². The third kappa shape index (κ3) is 4.95. The van der Waals surface area contributed by atoms with Gasteiger partial charge in [-0.15, -0.1) is 0 Å². The van der Waals surface area contributed by atoms with Crippen molar-refractivity contribution in [2.45, 2.75) is 13.0 Å². The lowest BCUT2D eigenvalue weighted by Crippen LogP contribution is -2.30. The van der Waals surface area contributed by atoms with Crippen molar-refractivity contribution in [3.63, 3.8) is 0 Å². The van der Waals surface area contributed by atoms with Gasteiger partial charge in [0.1, 0.15) is 5.75 Å². The van der Waals surface area contributed by atoms with Crippen molar-refractivity contribution in [2.75, 3.05) is 5.32 Å². The topological polar surface area (TPSA) is 113 Å². The summed E-state index contributed by atoms with van der Waals surface area (Å²) in [7, 11) is 0. The van der Waals surface area contributed by atoms with E-state index in [9.17, 15) is 14.4 Å². The van der Waals surface area contributed by atoms with Crippen LogP contribution in [-0.4, -0.2) is 34.2 Å². The van der Waals surface area contributed by atoms with E-state index in [0.717, 1.165) is 6.07 Å². The Balaban J connectivity index is 2.16. The molecule has 0 saturated carbocycles. The molecule has 0 bridgehead atoms. The lowest BCUT2D eigenvalue weighted by Gasteiger charge is -2.15. The average Bonchev–Trinajstić information content (AvgIpc) is 2.54. The zero-order valence-corrected chi connectivity index (χ0v) is 13.8. The van der Waals surface area contributed by atoms with Crippen LogP contribution in [0.3, 0.4) is 0 Å². The van der Waals surface area contributed by atoms with Crippen molar-refractivity contribution < 1.29 is 29.3 Å². The second kappa shape index (κ2) is 7.67. The Labute approximate surface area is 147 Å². The van der Waals surface area contributed by atoms with E-state index in [2.05, 4.69) is 5.32 Å². The van der Waals surface area contributed by atoms with E-state index >= 15 is 0 Å². The summed E-state index contributed by atoms with van der Waals surface area (Å²) in [5, 5.41) is 21.0. The molecule has 2 aromatic rings. The minimum Gasteiger partial charge on any atom is -0.481 e. The van der Waals surface area contributed by atoms with E-state index in [-0.39, 0.29) is 16.8 Å². The Morgan fingerprint density at radius 2 is 1.64 bits per heavy atom. The second-order valence-corrected chi connectivity index (χ2v) is 5.55. The maximum atomic E-state index is 12.2. The summed E-state index contributed by atoms with van der Waals surface area (Å²) < 4.78 is 5.46. The lowest BCUT2D eigenvalue weighted by atomic mass is 10.1. The van der Waals surface area contributed by atoms with Gasteiger partial charge in [0.05, 0.1) is 11.1 Å². The number of halogens is 1. The van der Waals surface area contributed by atoms with Gasteiger partial charge in [-0.2, -0.15) is 0 Å². The van der Waals surface area contributed by atoms with E-state index in [0.29, 0.717) is 10.8 Å². The number of amides is 1. The molecule has 8 heteroatoms. The van der Waals surface area contributed by atoms with Gasteiger partial charge in [0.15, 0.2) is 6.10 Å². The molecular formula is C17H14ClNO6. The average molecular weight is 364 g/mol. The lowest BCUT2D eigenvalue weighted by molar-refractivity contribution is -0.122. The van der Waals surface area contributed by atoms with E-state index in [1.807, 2.05) is 0 Å². The summed E-state index contributed by atoms with van der Waals surface area (Å²) in [6, 6.07) is 9.83. The maximum absolute atomic E-state index is 12.2. The number of hydrogen-bond donors (Lipinski definition) is 3. The fraction of sp³-hybridized carbons (Fsp3) is 0.118. The third-order valence-electron chi connectivity index (χ3n) is 3.17. The highest BCUT2D eigenvalue weighted by Gasteiger charge is 2.17. The first kappa shape index (κ1) is 18.3. The first-order valence-electron chi connectivity index (χ1n) is 7.11. The summed E-state index contributed by atoms with van der Waals surface area (Å²) in [6.07, 6.45) is -0.916. The van der Waals surface area contributed by atoms with Gasteiger partial charge in [-0.05, 0) is 43.3 Å². The van der Waals surface area contributed by atoms with Crippen molar-refractivity contribution in [3.05, 3.63) is 58.6 Å². The normalized spacial score (nSPS) is 11.4. The van der Waals surface area contributed by atoms with Gasteiger partial charge in [0.2, 0.25) is 0 Å². The molecule has 0 aromatic heterocycles. The number of aromatic carboxylic acids is 2. The molecule has 25 heavy (non-hydrogen) atoms. The number of ether oxygens (including phenoxy) is 1. The highest BCUT2D eigenvalue weighted by molar-refractivity contribution is 6.30. The van der Waals surface area contributed by atoms with E-state index < -0.39 is 23.9 Å². The van der Waals surface area contributed by atoms with Crippen molar-refractivity contribution in [1.82, 2.24) is 0 Å². The standard InChI is InChI=1S/C17H14ClNO6/c1-9(25-14-4-2-3-12(18)8-14)15(20)19-13-6-10(16(21)22)5-11(7-13)17(23)24/h2-9H,1H3,(H,19,20)(H,21,22)(H,23,24). The van der Waals surface area contributed by atoms with Gasteiger partial charge >= 0.3 is 11.9 Å². The Hall–Kier alpha value is -3.06. The van der Waals surface area contributed by atoms with Crippen LogP contribution in [0.15, 0.2) is 42.5 Å². The first-order chi connectivity index (χ1) is 11.8. The van der Waals surface area contributed by atoms with Crippen LogP contribution < -0.4 is 10.1 Å². The number of hydrogen-bond acceptors (Lipinski definition) is 4. The van der Waals surface area contributed by atoms with Crippen LogP contribution in [0, 0.1) is 0 Å². The number of anilines is 1. The molecule has 1 amide bonds. The predicted molar refractivity (Wildman–Crippen MR) is 90.5 cm³/mol. The molecule has 0 aliphatic carbocycles. The predicted octanol–water partition coefficient (Wildman–Crippen LogP) is 3.14. The molecule has 3 N–H and O–H groups in total. The van der Waals surface area contributed by atoms with Crippen molar-refractivity contribution in [1.29, 1.82) is 0 Å². The Bertz CT molecular complexity index is 803. The Morgan fingerprint density at radius 3 is 2.16 bits per heavy atom. The van der Waals surface area contributed by atoms with Gasteiger partial charge in [-0.3, -0.25) is 4.79 Å². The number of benzene rings is 2. The number of carbonyl (C=O) groups excluding carboxylic acids is 1. The maximum Gasteiger partial charge on any atom is 0.335 e. The third-order valence-corrected chi connectivity index (χ3v) is 3.41. The Kier molecular flexibility index (Phi) is 5.61. The molecule has 0 spiro atoms. The number of nitrogens with one attached hydrogen (secondary N) is 1. The minimum absolute atomic E-state index is 0.0452. The molecule has 0 aliphatic rings. The number of rotatable bonds is 6. The quantitative estimate of drug-likeness (QED) is 0.726. The fourth-order valence-corrected chi connectivity index (χ4v) is 2.17. The summed E-state index contributed by atoms with van der Waals surface area (Å²) in [6.45, 7) is 1.50. The molecule has 7 nitrogen and oxygen atoms in total. The monoisotopic (exact) mass is 363 g/mol. The molecule has 2 rings (SSSR count). The SMILES string of the molecule is CC(Oc1cccc(Cl)c1)C(=O)Nc1cc(C(=O)O)cc(C(=O)O)c1. The number of carboxylic acid groups (broad SMARTS) is 2. The van der Waals surface area contributed by atoms with Gasteiger partial charge in [-0.1, -0.05) is 17.7 Å². The summed E-state index contributed by atoms with van der Waals surface area (Å²) in [4.78, 5) is 34.4. The van der Waals surface area contributed by atoms with Gasteiger partial charge in [0.25, 0.3) is 5.91 Å². The Morgan fingerprint density at radius 1 is 1.04 bits per heavy atom. The molecule has 0 saturated heterocycles. The highest BCUT2D eigenvalue weighted by atomic mass is 35.5. The van der Waals surface area contributed by atoms with Crippen LogP contribution in [0.5, 0.6) is 5.75 Å². The molecule has 0 aliphatic heterocycles. The molecule has 0 heterocycles. The summed E-state index contributed by atoms with van der Waals surface area (Å²) in [5.41, 5.74) is -0.457. The molecule has 1 atom stereocenters. The molecule has 130 valence electrons. The molecule has 2 aromatic carbocycles. The van der Waals surface area contributed by atoms with E-state index in [1.165, 1.54) is 19.1 Å². The first-order valence-corrected chi connectivity index (χ1v) is 7.49.